The summed E-state index contributed by atoms with van der Waals surface area (Å²) in [5.74, 6) is 1.26. The summed E-state index contributed by atoms with van der Waals surface area (Å²) in [5.41, 5.74) is 7.34. The second-order valence-electron chi connectivity index (χ2n) is 4.18. The Kier molecular flexibility index (Phi) is 5.12. The Balaban J connectivity index is 2.22. The van der Waals surface area contributed by atoms with Gasteiger partial charge in [0, 0.05) is 22.2 Å². The molecular formula is C15H15Cl2NO2. The molecule has 0 aliphatic heterocycles. The highest BCUT2D eigenvalue weighted by Gasteiger charge is 2.09. The number of nitrogens with two attached hydrogens (primary N) is 1. The minimum atomic E-state index is 0.267. The van der Waals surface area contributed by atoms with Gasteiger partial charge in [0.05, 0.1) is 7.11 Å². The van der Waals surface area contributed by atoms with Gasteiger partial charge < -0.3 is 15.2 Å². The van der Waals surface area contributed by atoms with Crippen molar-refractivity contribution >= 4 is 23.2 Å². The summed E-state index contributed by atoms with van der Waals surface area (Å²) in [6.45, 7) is 0.704. The summed E-state index contributed by atoms with van der Waals surface area (Å²) in [4.78, 5) is 0. The lowest BCUT2D eigenvalue weighted by atomic mass is 10.2. The molecule has 2 N–H and O–H groups in total. The van der Waals surface area contributed by atoms with Gasteiger partial charge in [-0.15, -0.1) is 0 Å². The van der Waals surface area contributed by atoms with Gasteiger partial charge in [0.15, 0.2) is 11.5 Å². The van der Waals surface area contributed by atoms with Gasteiger partial charge in [-0.05, 0) is 29.8 Å². The molecule has 0 aromatic heterocycles. The fourth-order valence-electron chi connectivity index (χ4n) is 1.78. The van der Waals surface area contributed by atoms with Crippen molar-refractivity contribution in [1.29, 1.82) is 0 Å². The van der Waals surface area contributed by atoms with Crippen LogP contribution in [0.2, 0.25) is 10.0 Å². The van der Waals surface area contributed by atoms with Gasteiger partial charge in [-0.3, -0.25) is 0 Å². The van der Waals surface area contributed by atoms with Crippen molar-refractivity contribution < 1.29 is 9.47 Å². The second kappa shape index (κ2) is 6.84. The summed E-state index contributed by atoms with van der Waals surface area (Å²) < 4.78 is 11.0. The Bertz CT molecular complexity index is 582. The smallest absolute Gasteiger partial charge is 0.161 e. The van der Waals surface area contributed by atoms with E-state index in [-0.39, 0.29) is 6.61 Å². The van der Waals surface area contributed by atoms with E-state index >= 15 is 0 Å². The van der Waals surface area contributed by atoms with E-state index in [9.17, 15) is 0 Å². The SMILES string of the molecule is COc1ccc(CN)cc1OCc1c(Cl)cccc1Cl. The van der Waals surface area contributed by atoms with Gasteiger partial charge in [0.25, 0.3) is 0 Å². The highest BCUT2D eigenvalue weighted by molar-refractivity contribution is 6.35. The monoisotopic (exact) mass is 311 g/mol. The van der Waals surface area contributed by atoms with Gasteiger partial charge in [-0.25, -0.2) is 0 Å². The largest absolute Gasteiger partial charge is 0.493 e. The van der Waals surface area contributed by atoms with E-state index < -0.39 is 0 Å². The van der Waals surface area contributed by atoms with Crippen molar-refractivity contribution in [2.75, 3.05) is 7.11 Å². The fraction of sp³-hybridized carbons (Fsp3) is 0.200. The van der Waals surface area contributed by atoms with Crippen LogP contribution in [0.1, 0.15) is 11.1 Å². The van der Waals surface area contributed by atoms with Crippen molar-refractivity contribution in [3.05, 3.63) is 57.6 Å². The molecule has 20 heavy (non-hydrogen) atoms. The number of benzene rings is 2. The summed E-state index contributed by atoms with van der Waals surface area (Å²) in [7, 11) is 1.59. The van der Waals surface area contributed by atoms with Crippen LogP contribution in [0.4, 0.5) is 0 Å². The second-order valence-corrected chi connectivity index (χ2v) is 4.99. The van der Waals surface area contributed by atoms with Crippen LogP contribution in [0, 0.1) is 0 Å². The van der Waals surface area contributed by atoms with Crippen LogP contribution in [0.25, 0.3) is 0 Å². The molecule has 2 aromatic rings. The number of hydrogen-bond donors (Lipinski definition) is 1. The average Bonchev–Trinajstić information content (AvgIpc) is 2.46. The molecule has 0 aliphatic carbocycles. The molecular weight excluding hydrogens is 297 g/mol. The highest BCUT2D eigenvalue weighted by Crippen LogP contribution is 2.31. The molecule has 0 unspecified atom stereocenters. The molecule has 2 aromatic carbocycles. The zero-order valence-electron chi connectivity index (χ0n) is 11.0. The van der Waals surface area contributed by atoms with Crippen LogP contribution in [0.5, 0.6) is 11.5 Å². The van der Waals surface area contributed by atoms with Gasteiger partial charge >= 0.3 is 0 Å². The molecule has 0 saturated heterocycles. The Morgan fingerprint density at radius 1 is 1.05 bits per heavy atom. The Labute approximate surface area is 128 Å². The molecule has 5 heteroatoms. The summed E-state index contributed by atoms with van der Waals surface area (Å²) in [5, 5.41) is 1.15. The minimum Gasteiger partial charge on any atom is -0.493 e. The number of rotatable bonds is 5. The van der Waals surface area contributed by atoms with Crippen LogP contribution in [-0.2, 0) is 13.2 Å². The van der Waals surface area contributed by atoms with Crippen molar-refractivity contribution in [3.8, 4) is 11.5 Å². The molecule has 106 valence electrons. The number of hydrogen-bond acceptors (Lipinski definition) is 3. The van der Waals surface area contributed by atoms with Crippen molar-refractivity contribution in [3.63, 3.8) is 0 Å². The Morgan fingerprint density at radius 2 is 1.75 bits per heavy atom. The predicted molar refractivity (Wildman–Crippen MR) is 81.7 cm³/mol. The van der Waals surface area contributed by atoms with E-state index in [4.69, 9.17) is 38.4 Å². The minimum absolute atomic E-state index is 0.267. The summed E-state index contributed by atoms with van der Waals surface area (Å²) >= 11 is 12.2. The molecule has 0 spiro atoms. The van der Waals surface area contributed by atoms with Crippen LogP contribution in [0.3, 0.4) is 0 Å². The lowest BCUT2D eigenvalue weighted by molar-refractivity contribution is 0.284. The third-order valence-electron chi connectivity index (χ3n) is 2.90. The molecule has 0 atom stereocenters. The maximum Gasteiger partial charge on any atom is 0.161 e. The fourth-order valence-corrected chi connectivity index (χ4v) is 2.29. The highest BCUT2D eigenvalue weighted by atomic mass is 35.5. The van der Waals surface area contributed by atoms with Gasteiger partial charge in [-0.2, -0.15) is 0 Å². The Morgan fingerprint density at radius 3 is 2.35 bits per heavy atom. The summed E-state index contributed by atoms with van der Waals surface area (Å²) in [6.07, 6.45) is 0. The van der Waals surface area contributed by atoms with Crippen LogP contribution in [0.15, 0.2) is 36.4 Å². The average molecular weight is 312 g/mol. The summed E-state index contributed by atoms with van der Waals surface area (Å²) in [6, 6.07) is 10.9. The van der Waals surface area contributed by atoms with Crippen molar-refractivity contribution in [1.82, 2.24) is 0 Å². The number of halogens is 2. The van der Waals surface area contributed by atoms with Crippen LogP contribution < -0.4 is 15.2 Å². The first-order chi connectivity index (χ1) is 9.65. The van der Waals surface area contributed by atoms with E-state index in [2.05, 4.69) is 0 Å². The molecule has 2 rings (SSSR count). The van der Waals surface area contributed by atoms with Crippen molar-refractivity contribution in [2.45, 2.75) is 13.2 Å². The maximum atomic E-state index is 6.11. The van der Waals surface area contributed by atoms with Crippen LogP contribution in [-0.4, -0.2) is 7.11 Å². The molecule has 0 heterocycles. The van der Waals surface area contributed by atoms with Crippen LogP contribution >= 0.6 is 23.2 Å². The lowest BCUT2D eigenvalue weighted by Crippen LogP contribution is -2.02. The zero-order valence-corrected chi connectivity index (χ0v) is 12.5. The first-order valence-corrected chi connectivity index (χ1v) is 6.84. The van der Waals surface area contributed by atoms with Gasteiger partial charge in [0.2, 0.25) is 0 Å². The molecule has 0 saturated carbocycles. The molecule has 0 amide bonds. The van der Waals surface area contributed by atoms with Gasteiger partial charge in [-0.1, -0.05) is 35.3 Å². The third kappa shape index (κ3) is 3.37. The quantitative estimate of drug-likeness (QED) is 0.906. The standard InChI is InChI=1S/C15H15Cl2NO2/c1-19-14-6-5-10(8-18)7-15(14)20-9-11-12(16)3-2-4-13(11)17/h2-7H,8-9,18H2,1H3. The van der Waals surface area contributed by atoms with E-state index in [1.165, 1.54) is 0 Å². The number of methoxy groups -OCH3 is 1. The van der Waals surface area contributed by atoms with Crippen molar-refractivity contribution in [2.24, 2.45) is 5.73 Å². The predicted octanol–water partition coefficient (Wildman–Crippen LogP) is 4.04. The maximum absolute atomic E-state index is 6.11. The first-order valence-electron chi connectivity index (χ1n) is 6.08. The van der Waals surface area contributed by atoms with E-state index in [1.54, 1.807) is 25.3 Å². The molecule has 0 fully saturated rings. The van der Waals surface area contributed by atoms with Gasteiger partial charge in [0.1, 0.15) is 6.61 Å². The van der Waals surface area contributed by atoms with E-state index in [0.29, 0.717) is 28.1 Å². The first kappa shape index (κ1) is 15.0. The van der Waals surface area contributed by atoms with E-state index in [0.717, 1.165) is 11.1 Å². The van der Waals surface area contributed by atoms with E-state index in [1.807, 2.05) is 18.2 Å². The molecule has 3 nitrogen and oxygen atoms in total. The third-order valence-corrected chi connectivity index (χ3v) is 3.61. The molecule has 0 radical (unpaired) electrons. The molecule has 0 bridgehead atoms. The topological polar surface area (TPSA) is 44.5 Å². The zero-order chi connectivity index (χ0) is 14.5. The number of ether oxygens (including phenoxy) is 2. The normalized spacial score (nSPS) is 10.4. The Hall–Kier alpha value is -1.42. The lowest BCUT2D eigenvalue weighted by Gasteiger charge is -2.13. The molecule has 0 aliphatic rings.